The number of halogens is 1. The molecule has 0 aliphatic rings. The average Bonchev–Trinajstić information content (AvgIpc) is 2.57. The van der Waals surface area contributed by atoms with Gasteiger partial charge in [-0.15, -0.1) is 10.2 Å². The van der Waals surface area contributed by atoms with E-state index in [-0.39, 0.29) is 0 Å². The van der Waals surface area contributed by atoms with Crippen LogP contribution in [0.4, 0.5) is 0 Å². The molecule has 0 aliphatic carbocycles. The molecule has 0 saturated carbocycles. The quantitative estimate of drug-likeness (QED) is 0.800. The van der Waals surface area contributed by atoms with Crippen molar-refractivity contribution in [2.24, 2.45) is 11.3 Å². The molecule has 0 fully saturated rings. The molecular weight excluding hydrogens is 248 g/mol. The van der Waals surface area contributed by atoms with E-state index in [0.717, 1.165) is 24.3 Å². The molecule has 0 aromatic carbocycles. The Kier molecular flexibility index (Phi) is 3.57. The molecule has 0 spiro atoms. The molecule has 0 radical (unpaired) electrons. The summed E-state index contributed by atoms with van der Waals surface area (Å²) in [5.41, 5.74) is 1.09. The second-order valence-corrected chi connectivity index (χ2v) is 6.52. The first-order valence-corrected chi connectivity index (χ1v) is 6.58. The molecular formula is C13H19ClN4. The van der Waals surface area contributed by atoms with Gasteiger partial charge in [-0.05, 0) is 17.8 Å². The van der Waals surface area contributed by atoms with Crippen LogP contribution in [0.5, 0.6) is 0 Å². The predicted octanol–water partition coefficient (Wildman–Crippen LogP) is 3.39. The molecule has 2 aromatic rings. The molecule has 0 aliphatic heterocycles. The lowest BCUT2D eigenvalue weighted by Crippen LogP contribution is -2.14. The molecule has 2 rings (SSSR count). The molecule has 0 saturated heterocycles. The van der Waals surface area contributed by atoms with Crippen LogP contribution in [-0.4, -0.2) is 19.6 Å². The molecule has 0 amide bonds. The van der Waals surface area contributed by atoms with Gasteiger partial charge in [0.2, 0.25) is 0 Å². The van der Waals surface area contributed by atoms with Crippen molar-refractivity contribution in [2.75, 3.05) is 0 Å². The maximum atomic E-state index is 5.83. The summed E-state index contributed by atoms with van der Waals surface area (Å²) >= 11 is 5.83. The maximum Gasteiger partial charge on any atom is 0.165 e. The second-order valence-electron chi connectivity index (χ2n) is 6.13. The van der Waals surface area contributed by atoms with Crippen LogP contribution in [0.25, 0.3) is 5.65 Å². The minimum absolute atomic E-state index is 0.335. The molecule has 5 heteroatoms. The van der Waals surface area contributed by atoms with Crippen molar-refractivity contribution in [3.05, 3.63) is 23.4 Å². The highest BCUT2D eigenvalue weighted by atomic mass is 35.5. The van der Waals surface area contributed by atoms with Gasteiger partial charge in [0.25, 0.3) is 0 Å². The van der Waals surface area contributed by atoms with Crippen LogP contribution in [0.1, 0.15) is 39.9 Å². The fourth-order valence-corrected chi connectivity index (χ4v) is 2.53. The van der Waals surface area contributed by atoms with Gasteiger partial charge in [0.15, 0.2) is 5.65 Å². The smallest absolute Gasteiger partial charge is 0.165 e. The summed E-state index contributed by atoms with van der Waals surface area (Å²) in [6.07, 6.45) is 3.75. The lowest BCUT2D eigenvalue weighted by atomic mass is 9.84. The second kappa shape index (κ2) is 4.84. The van der Waals surface area contributed by atoms with Crippen LogP contribution in [-0.2, 0) is 6.42 Å². The lowest BCUT2D eigenvalue weighted by molar-refractivity contribution is 0.303. The Morgan fingerprint density at radius 3 is 2.72 bits per heavy atom. The molecule has 0 N–H and O–H groups in total. The Labute approximate surface area is 112 Å². The van der Waals surface area contributed by atoms with Crippen molar-refractivity contribution >= 4 is 17.2 Å². The van der Waals surface area contributed by atoms with Crippen LogP contribution >= 0.6 is 11.6 Å². The number of hydrogen-bond donors (Lipinski definition) is 0. The fraction of sp³-hybridized carbons (Fsp3) is 0.615. The summed E-state index contributed by atoms with van der Waals surface area (Å²) < 4.78 is 1.91. The van der Waals surface area contributed by atoms with Crippen LogP contribution in [0.2, 0.25) is 5.15 Å². The van der Waals surface area contributed by atoms with Crippen LogP contribution in [0.3, 0.4) is 0 Å². The average molecular weight is 267 g/mol. The van der Waals surface area contributed by atoms with Crippen molar-refractivity contribution in [2.45, 2.75) is 40.5 Å². The number of nitrogens with zero attached hydrogens (tertiary/aromatic N) is 4. The van der Waals surface area contributed by atoms with E-state index in [0.29, 0.717) is 16.5 Å². The predicted molar refractivity (Wildman–Crippen MR) is 72.7 cm³/mol. The topological polar surface area (TPSA) is 43.1 Å². The molecule has 2 aromatic heterocycles. The summed E-state index contributed by atoms with van der Waals surface area (Å²) in [7, 11) is 0. The van der Waals surface area contributed by atoms with E-state index in [1.807, 2.05) is 4.40 Å². The summed E-state index contributed by atoms with van der Waals surface area (Å²) in [4.78, 5) is 4.07. The van der Waals surface area contributed by atoms with Crippen LogP contribution in [0.15, 0.2) is 12.4 Å². The Balaban J connectivity index is 2.17. The van der Waals surface area contributed by atoms with Crippen molar-refractivity contribution in [1.29, 1.82) is 0 Å². The Bertz CT molecular complexity index is 541. The van der Waals surface area contributed by atoms with Crippen LogP contribution < -0.4 is 0 Å². The normalized spacial score (nSPS) is 14.1. The molecule has 0 bridgehead atoms. The third-order valence-corrected chi connectivity index (χ3v) is 3.04. The van der Waals surface area contributed by atoms with Gasteiger partial charge in [0.05, 0.1) is 0 Å². The summed E-state index contributed by atoms with van der Waals surface area (Å²) in [5.74, 6) is 1.51. The standard InChI is InChI=1S/C13H19ClN4/c1-9(7-13(2,3)4)5-11-16-17-12-6-10(14)15-8-18(11)12/h6,8-9H,5,7H2,1-4H3. The minimum atomic E-state index is 0.335. The Hall–Kier alpha value is -1.16. The lowest BCUT2D eigenvalue weighted by Gasteiger charge is -2.22. The fourth-order valence-electron chi connectivity index (χ4n) is 2.39. The third kappa shape index (κ3) is 3.19. The highest BCUT2D eigenvalue weighted by Gasteiger charge is 2.17. The van der Waals surface area contributed by atoms with Crippen molar-refractivity contribution in [3.63, 3.8) is 0 Å². The van der Waals surface area contributed by atoms with Crippen molar-refractivity contribution in [3.8, 4) is 0 Å². The van der Waals surface area contributed by atoms with Gasteiger partial charge >= 0.3 is 0 Å². The van der Waals surface area contributed by atoms with Gasteiger partial charge in [-0.2, -0.15) is 0 Å². The zero-order valence-corrected chi connectivity index (χ0v) is 12.1. The maximum absolute atomic E-state index is 5.83. The van der Waals surface area contributed by atoms with Crippen molar-refractivity contribution < 1.29 is 0 Å². The Morgan fingerprint density at radius 1 is 1.33 bits per heavy atom. The monoisotopic (exact) mass is 266 g/mol. The van der Waals surface area contributed by atoms with Gasteiger partial charge in [-0.25, -0.2) is 4.98 Å². The van der Waals surface area contributed by atoms with Gasteiger partial charge in [-0.1, -0.05) is 39.3 Å². The number of hydrogen-bond acceptors (Lipinski definition) is 3. The largest absolute Gasteiger partial charge is 0.269 e. The SMILES string of the molecule is CC(Cc1nnc2cc(Cl)ncn12)CC(C)(C)C. The van der Waals surface area contributed by atoms with E-state index in [1.54, 1.807) is 12.4 Å². The van der Waals surface area contributed by atoms with E-state index in [4.69, 9.17) is 11.6 Å². The van der Waals surface area contributed by atoms with E-state index in [1.165, 1.54) is 0 Å². The van der Waals surface area contributed by atoms with Gasteiger partial charge in [0, 0.05) is 12.5 Å². The van der Waals surface area contributed by atoms with E-state index >= 15 is 0 Å². The van der Waals surface area contributed by atoms with Gasteiger partial charge < -0.3 is 0 Å². The molecule has 18 heavy (non-hydrogen) atoms. The Morgan fingerprint density at radius 2 is 2.06 bits per heavy atom. The first kappa shape index (κ1) is 13.3. The summed E-state index contributed by atoms with van der Waals surface area (Å²) in [6.45, 7) is 9.02. The molecule has 1 atom stereocenters. The highest BCUT2D eigenvalue weighted by molar-refractivity contribution is 6.29. The van der Waals surface area contributed by atoms with Crippen LogP contribution in [0, 0.1) is 11.3 Å². The minimum Gasteiger partial charge on any atom is -0.269 e. The van der Waals surface area contributed by atoms with Gasteiger partial charge in [0.1, 0.15) is 17.3 Å². The summed E-state index contributed by atoms with van der Waals surface area (Å²) in [5, 5.41) is 8.79. The summed E-state index contributed by atoms with van der Waals surface area (Å²) in [6, 6.07) is 1.73. The van der Waals surface area contributed by atoms with Gasteiger partial charge in [-0.3, -0.25) is 4.40 Å². The first-order valence-electron chi connectivity index (χ1n) is 6.20. The zero-order valence-electron chi connectivity index (χ0n) is 11.3. The first-order chi connectivity index (χ1) is 8.35. The molecule has 4 nitrogen and oxygen atoms in total. The van der Waals surface area contributed by atoms with Crippen molar-refractivity contribution in [1.82, 2.24) is 19.6 Å². The highest BCUT2D eigenvalue weighted by Crippen LogP contribution is 2.26. The third-order valence-electron chi connectivity index (χ3n) is 2.83. The zero-order chi connectivity index (χ0) is 13.3. The van der Waals surface area contributed by atoms with E-state index < -0.39 is 0 Å². The molecule has 1 unspecified atom stereocenters. The molecule has 98 valence electrons. The van der Waals surface area contributed by atoms with E-state index in [9.17, 15) is 0 Å². The number of rotatable bonds is 3. The molecule has 2 heterocycles. The number of aromatic nitrogens is 4. The number of fused-ring (bicyclic) bond motifs is 1. The van der Waals surface area contributed by atoms with E-state index in [2.05, 4.69) is 42.9 Å².